The minimum Gasteiger partial charge on any atom is -0.466 e. The van der Waals surface area contributed by atoms with E-state index in [0.717, 1.165) is 24.9 Å². The molecule has 0 radical (unpaired) electrons. The Morgan fingerprint density at radius 2 is 1.62 bits per heavy atom. The summed E-state index contributed by atoms with van der Waals surface area (Å²) in [6.45, 7) is 3.17. The number of benzene rings is 2. The second-order valence-electron chi connectivity index (χ2n) is 6.59. The summed E-state index contributed by atoms with van der Waals surface area (Å²) in [5.41, 5.74) is 2.17. The summed E-state index contributed by atoms with van der Waals surface area (Å²) in [7, 11) is 1.91. The van der Waals surface area contributed by atoms with E-state index in [1.54, 1.807) is 12.1 Å². The van der Waals surface area contributed by atoms with Crippen LogP contribution in [0.2, 0.25) is 0 Å². The number of unbranched alkanes of at least 4 members (excludes halogenated alkanes) is 2. The van der Waals surface area contributed by atoms with Crippen LogP contribution in [0.4, 0.5) is 22.7 Å². The Morgan fingerprint density at radius 1 is 1.03 bits per heavy atom. The van der Waals surface area contributed by atoms with Gasteiger partial charge in [-0.15, -0.1) is 0 Å². The molecule has 29 heavy (non-hydrogen) atoms. The van der Waals surface area contributed by atoms with Gasteiger partial charge in [0.25, 0.3) is 5.69 Å². The second-order valence-corrected chi connectivity index (χ2v) is 6.59. The third kappa shape index (κ3) is 7.69. The molecule has 8 nitrogen and oxygen atoms in total. The van der Waals surface area contributed by atoms with Gasteiger partial charge in [-0.2, -0.15) is 10.2 Å². The van der Waals surface area contributed by atoms with E-state index in [2.05, 4.69) is 17.2 Å². The SMILES string of the molecule is CCCCCOC(=O)CCN(C)c1ccc(N=Nc2ccc([N+](=O)[O-])cc2)cc1. The summed E-state index contributed by atoms with van der Waals surface area (Å²) in [6.07, 6.45) is 3.42. The summed E-state index contributed by atoms with van der Waals surface area (Å²) in [5.74, 6) is -0.179. The molecule has 0 N–H and O–H groups in total. The molecular weight excluding hydrogens is 372 g/mol. The molecule has 0 heterocycles. The lowest BCUT2D eigenvalue weighted by atomic mass is 10.2. The standard InChI is InChI=1S/C21H26N4O4/c1-3-4-5-16-29-21(26)14-15-24(2)19-10-6-17(7-11-19)22-23-18-8-12-20(13-9-18)25(27)28/h6-13H,3-5,14-16H2,1-2H3. The number of anilines is 1. The molecule has 0 aromatic heterocycles. The van der Waals surface area contributed by atoms with E-state index in [-0.39, 0.29) is 11.7 Å². The molecule has 2 rings (SSSR count). The van der Waals surface area contributed by atoms with Crippen LogP contribution in [0.1, 0.15) is 32.6 Å². The van der Waals surface area contributed by atoms with Crippen LogP contribution in [-0.2, 0) is 9.53 Å². The van der Waals surface area contributed by atoms with Crippen molar-refractivity contribution in [2.24, 2.45) is 10.2 Å². The minimum atomic E-state index is -0.456. The van der Waals surface area contributed by atoms with Crippen LogP contribution in [0.3, 0.4) is 0 Å². The van der Waals surface area contributed by atoms with E-state index in [9.17, 15) is 14.9 Å². The Bertz CT molecular complexity index is 820. The van der Waals surface area contributed by atoms with Crippen molar-refractivity contribution in [2.75, 3.05) is 25.1 Å². The molecule has 0 spiro atoms. The third-order valence-electron chi connectivity index (χ3n) is 4.29. The zero-order chi connectivity index (χ0) is 21.1. The normalized spacial score (nSPS) is 10.8. The maximum Gasteiger partial charge on any atom is 0.307 e. The zero-order valence-electron chi connectivity index (χ0n) is 16.8. The van der Waals surface area contributed by atoms with Crippen molar-refractivity contribution in [3.8, 4) is 0 Å². The summed E-state index contributed by atoms with van der Waals surface area (Å²) in [4.78, 5) is 23.9. The fraction of sp³-hybridized carbons (Fsp3) is 0.381. The van der Waals surface area contributed by atoms with E-state index in [1.165, 1.54) is 12.1 Å². The highest BCUT2D eigenvalue weighted by Crippen LogP contribution is 2.23. The first-order valence-electron chi connectivity index (χ1n) is 9.62. The van der Waals surface area contributed by atoms with Crippen LogP contribution in [0.25, 0.3) is 0 Å². The largest absolute Gasteiger partial charge is 0.466 e. The minimum absolute atomic E-state index is 0.0150. The second kappa shape index (κ2) is 11.5. The predicted molar refractivity (Wildman–Crippen MR) is 112 cm³/mol. The van der Waals surface area contributed by atoms with Crippen molar-refractivity contribution in [1.82, 2.24) is 0 Å². The number of hydrogen-bond donors (Lipinski definition) is 0. The topological polar surface area (TPSA) is 97.4 Å². The Hall–Kier alpha value is -3.29. The van der Waals surface area contributed by atoms with Crippen molar-refractivity contribution >= 4 is 28.7 Å². The molecule has 0 saturated heterocycles. The number of nitro groups is 1. The summed E-state index contributed by atoms with van der Waals surface area (Å²) in [6, 6.07) is 13.3. The van der Waals surface area contributed by atoms with Gasteiger partial charge in [0.05, 0.1) is 29.3 Å². The molecule has 0 saturated carbocycles. The Labute approximate surface area is 170 Å². The van der Waals surface area contributed by atoms with Crippen LogP contribution in [-0.4, -0.2) is 31.1 Å². The molecule has 0 unspecified atom stereocenters. The average Bonchev–Trinajstić information content (AvgIpc) is 2.74. The van der Waals surface area contributed by atoms with Crippen molar-refractivity contribution in [3.63, 3.8) is 0 Å². The fourth-order valence-corrected chi connectivity index (χ4v) is 2.53. The molecule has 0 fully saturated rings. The highest BCUT2D eigenvalue weighted by atomic mass is 16.6. The molecule has 2 aromatic rings. The third-order valence-corrected chi connectivity index (χ3v) is 4.29. The molecule has 0 aliphatic heterocycles. The van der Waals surface area contributed by atoms with E-state index < -0.39 is 4.92 Å². The number of nitro benzene ring substituents is 1. The monoisotopic (exact) mass is 398 g/mol. The zero-order valence-corrected chi connectivity index (χ0v) is 16.8. The lowest BCUT2D eigenvalue weighted by Crippen LogP contribution is -2.22. The first-order valence-corrected chi connectivity index (χ1v) is 9.62. The van der Waals surface area contributed by atoms with Gasteiger partial charge in [0.15, 0.2) is 0 Å². The molecule has 8 heteroatoms. The number of azo groups is 1. The van der Waals surface area contributed by atoms with Gasteiger partial charge in [0, 0.05) is 31.4 Å². The van der Waals surface area contributed by atoms with Crippen LogP contribution >= 0.6 is 0 Å². The maximum absolute atomic E-state index is 11.8. The van der Waals surface area contributed by atoms with Crippen LogP contribution in [0.15, 0.2) is 58.8 Å². The predicted octanol–water partition coefficient (Wildman–Crippen LogP) is 5.57. The molecule has 154 valence electrons. The number of ether oxygens (including phenoxy) is 1. The number of carbonyl (C=O) groups is 1. The van der Waals surface area contributed by atoms with Crippen molar-refractivity contribution in [3.05, 3.63) is 58.6 Å². The Morgan fingerprint density at radius 3 is 2.17 bits per heavy atom. The van der Waals surface area contributed by atoms with Gasteiger partial charge in [-0.1, -0.05) is 19.8 Å². The fourth-order valence-electron chi connectivity index (χ4n) is 2.53. The molecule has 0 amide bonds. The average molecular weight is 398 g/mol. The van der Waals surface area contributed by atoms with Gasteiger partial charge in [-0.25, -0.2) is 0 Å². The molecule has 0 atom stereocenters. The van der Waals surface area contributed by atoms with Crippen LogP contribution in [0.5, 0.6) is 0 Å². The van der Waals surface area contributed by atoms with Crippen molar-refractivity contribution < 1.29 is 14.5 Å². The number of carbonyl (C=O) groups excluding carboxylic acids is 1. The number of hydrogen-bond acceptors (Lipinski definition) is 7. The first-order chi connectivity index (χ1) is 14.0. The molecular formula is C21H26N4O4. The lowest BCUT2D eigenvalue weighted by Gasteiger charge is -2.18. The molecule has 0 bridgehead atoms. The number of rotatable bonds is 11. The van der Waals surface area contributed by atoms with Gasteiger partial charge in [0.1, 0.15) is 0 Å². The number of nitrogens with zero attached hydrogens (tertiary/aromatic N) is 4. The summed E-state index contributed by atoms with van der Waals surface area (Å²) >= 11 is 0. The number of non-ortho nitro benzene ring substituents is 1. The van der Waals surface area contributed by atoms with Crippen LogP contribution < -0.4 is 4.90 Å². The molecule has 0 aliphatic rings. The van der Waals surface area contributed by atoms with Gasteiger partial charge >= 0.3 is 5.97 Å². The van der Waals surface area contributed by atoms with E-state index in [0.29, 0.717) is 30.9 Å². The van der Waals surface area contributed by atoms with Gasteiger partial charge in [0.2, 0.25) is 0 Å². The Kier molecular flexibility index (Phi) is 8.75. The summed E-state index contributed by atoms with van der Waals surface area (Å²) in [5, 5.41) is 18.9. The van der Waals surface area contributed by atoms with Gasteiger partial charge in [-0.3, -0.25) is 14.9 Å². The van der Waals surface area contributed by atoms with Crippen LogP contribution in [0, 0.1) is 10.1 Å². The quantitative estimate of drug-likeness (QED) is 0.162. The highest BCUT2D eigenvalue weighted by molar-refractivity contribution is 5.70. The van der Waals surface area contributed by atoms with Gasteiger partial charge < -0.3 is 9.64 Å². The molecule has 2 aromatic carbocycles. The van der Waals surface area contributed by atoms with E-state index in [4.69, 9.17) is 4.74 Å². The lowest BCUT2D eigenvalue weighted by molar-refractivity contribution is -0.384. The first kappa shape index (κ1) is 22.0. The summed E-state index contributed by atoms with van der Waals surface area (Å²) < 4.78 is 5.21. The van der Waals surface area contributed by atoms with Gasteiger partial charge in [-0.05, 0) is 42.8 Å². The number of esters is 1. The Balaban J connectivity index is 1.82. The van der Waals surface area contributed by atoms with E-state index in [1.807, 2.05) is 36.2 Å². The van der Waals surface area contributed by atoms with Crippen molar-refractivity contribution in [2.45, 2.75) is 32.6 Å². The smallest absolute Gasteiger partial charge is 0.307 e. The highest BCUT2D eigenvalue weighted by Gasteiger charge is 2.07. The van der Waals surface area contributed by atoms with Crippen molar-refractivity contribution in [1.29, 1.82) is 0 Å². The maximum atomic E-state index is 11.8. The van der Waals surface area contributed by atoms with E-state index >= 15 is 0 Å². The molecule has 0 aliphatic carbocycles.